The molecule has 0 bridgehead atoms. The first-order valence-corrected chi connectivity index (χ1v) is 10.7. The maximum atomic E-state index is 5.45. The fourth-order valence-corrected chi connectivity index (χ4v) is 4.38. The number of piperidine rings is 1. The molecule has 0 amide bonds. The van der Waals surface area contributed by atoms with Gasteiger partial charge in [0.15, 0.2) is 0 Å². The molecule has 2 saturated heterocycles. The SMILES string of the molecule is CCc1ccc(CN2CCC[C@H](c3nnc(CN4CCOCC4)n3C)C2)cc1. The molecule has 152 valence electrons. The first-order valence-electron chi connectivity index (χ1n) is 10.7. The highest BCUT2D eigenvalue weighted by molar-refractivity contribution is 5.22. The minimum Gasteiger partial charge on any atom is -0.379 e. The van der Waals surface area contributed by atoms with Crippen LogP contribution in [0.1, 0.15) is 48.5 Å². The van der Waals surface area contributed by atoms with Crippen molar-refractivity contribution >= 4 is 0 Å². The third-order valence-corrected chi connectivity index (χ3v) is 6.18. The molecule has 1 aromatic heterocycles. The van der Waals surface area contributed by atoms with Crippen LogP contribution in [0.5, 0.6) is 0 Å². The van der Waals surface area contributed by atoms with Crippen molar-refractivity contribution in [1.29, 1.82) is 0 Å². The van der Waals surface area contributed by atoms with E-state index in [2.05, 4.69) is 62.8 Å². The molecule has 0 unspecified atom stereocenters. The van der Waals surface area contributed by atoms with Crippen molar-refractivity contribution in [2.24, 2.45) is 7.05 Å². The Bertz CT molecular complexity index is 751. The fraction of sp³-hybridized carbons (Fsp3) is 0.636. The predicted octanol–water partition coefficient (Wildman–Crippen LogP) is 2.59. The van der Waals surface area contributed by atoms with E-state index >= 15 is 0 Å². The highest BCUT2D eigenvalue weighted by atomic mass is 16.5. The molecule has 1 aromatic carbocycles. The monoisotopic (exact) mass is 383 g/mol. The average Bonchev–Trinajstić information content (AvgIpc) is 3.10. The number of benzene rings is 1. The third kappa shape index (κ3) is 4.62. The minimum absolute atomic E-state index is 0.472. The summed E-state index contributed by atoms with van der Waals surface area (Å²) in [5.74, 6) is 2.69. The van der Waals surface area contributed by atoms with Crippen LogP contribution in [0, 0.1) is 0 Å². The standard InChI is InChI=1S/C22H33N5O/c1-3-18-6-8-19(9-7-18)15-27-10-4-5-20(16-27)22-24-23-21(25(22)2)17-26-11-13-28-14-12-26/h6-9,20H,3-5,10-17H2,1-2H3/t20-/m0/s1. The molecule has 0 N–H and O–H groups in total. The molecule has 2 aliphatic heterocycles. The summed E-state index contributed by atoms with van der Waals surface area (Å²) in [7, 11) is 2.13. The normalized spacial score (nSPS) is 21.9. The van der Waals surface area contributed by atoms with Crippen molar-refractivity contribution in [1.82, 2.24) is 24.6 Å². The summed E-state index contributed by atoms with van der Waals surface area (Å²) < 4.78 is 7.69. The molecule has 28 heavy (non-hydrogen) atoms. The Hall–Kier alpha value is -1.76. The van der Waals surface area contributed by atoms with Gasteiger partial charge in [0.05, 0.1) is 19.8 Å². The zero-order chi connectivity index (χ0) is 19.3. The molecule has 3 heterocycles. The van der Waals surface area contributed by atoms with Crippen molar-refractivity contribution in [3.05, 3.63) is 47.0 Å². The largest absolute Gasteiger partial charge is 0.379 e. The van der Waals surface area contributed by atoms with Crippen LogP contribution in [-0.2, 0) is 31.3 Å². The van der Waals surface area contributed by atoms with Crippen molar-refractivity contribution in [3.8, 4) is 0 Å². The lowest BCUT2D eigenvalue weighted by molar-refractivity contribution is 0.0326. The number of morpholine rings is 1. The molecular weight excluding hydrogens is 350 g/mol. The van der Waals surface area contributed by atoms with Gasteiger partial charge in [-0.1, -0.05) is 31.2 Å². The lowest BCUT2D eigenvalue weighted by Gasteiger charge is -2.32. The van der Waals surface area contributed by atoms with Crippen LogP contribution in [0.4, 0.5) is 0 Å². The van der Waals surface area contributed by atoms with Gasteiger partial charge in [-0.2, -0.15) is 0 Å². The van der Waals surface area contributed by atoms with E-state index in [0.717, 1.165) is 64.0 Å². The minimum atomic E-state index is 0.472. The summed E-state index contributed by atoms with van der Waals surface area (Å²) in [6.07, 6.45) is 3.53. The van der Waals surface area contributed by atoms with Crippen LogP contribution in [-0.4, -0.2) is 64.0 Å². The molecule has 2 fully saturated rings. The quantitative estimate of drug-likeness (QED) is 0.767. The Balaban J connectivity index is 1.38. The summed E-state index contributed by atoms with van der Waals surface area (Å²) in [4.78, 5) is 4.98. The van der Waals surface area contributed by atoms with E-state index in [9.17, 15) is 0 Å². The molecule has 6 nitrogen and oxygen atoms in total. The number of hydrogen-bond acceptors (Lipinski definition) is 5. The Labute approximate surface area is 168 Å². The molecule has 2 aromatic rings. The molecule has 6 heteroatoms. The number of rotatable bonds is 6. The number of aryl methyl sites for hydroxylation is 1. The first-order chi connectivity index (χ1) is 13.7. The van der Waals surface area contributed by atoms with Gasteiger partial charge in [-0.3, -0.25) is 9.80 Å². The van der Waals surface area contributed by atoms with E-state index in [4.69, 9.17) is 4.74 Å². The van der Waals surface area contributed by atoms with Gasteiger partial charge in [0.2, 0.25) is 0 Å². The maximum absolute atomic E-state index is 5.45. The Morgan fingerprint density at radius 1 is 0.964 bits per heavy atom. The van der Waals surface area contributed by atoms with Crippen molar-refractivity contribution in [3.63, 3.8) is 0 Å². The van der Waals surface area contributed by atoms with Gasteiger partial charge in [-0.25, -0.2) is 0 Å². The molecule has 0 aliphatic carbocycles. The molecule has 0 spiro atoms. The average molecular weight is 384 g/mol. The highest BCUT2D eigenvalue weighted by Crippen LogP contribution is 2.27. The molecule has 1 atom stereocenters. The van der Waals surface area contributed by atoms with Crippen LogP contribution in [0.15, 0.2) is 24.3 Å². The highest BCUT2D eigenvalue weighted by Gasteiger charge is 2.26. The molecular formula is C22H33N5O. The molecule has 4 rings (SSSR count). The third-order valence-electron chi connectivity index (χ3n) is 6.18. The maximum Gasteiger partial charge on any atom is 0.146 e. The second kappa shape index (κ2) is 9.16. The van der Waals surface area contributed by atoms with Crippen LogP contribution < -0.4 is 0 Å². The van der Waals surface area contributed by atoms with Crippen LogP contribution >= 0.6 is 0 Å². The second-order valence-corrected chi connectivity index (χ2v) is 8.17. The van der Waals surface area contributed by atoms with E-state index in [-0.39, 0.29) is 0 Å². The molecule has 0 saturated carbocycles. The zero-order valence-corrected chi connectivity index (χ0v) is 17.3. The number of ether oxygens (including phenoxy) is 1. The predicted molar refractivity (Wildman–Crippen MR) is 110 cm³/mol. The van der Waals surface area contributed by atoms with Gasteiger partial charge in [-0.15, -0.1) is 10.2 Å². The summed E-state index contributed by atoms with van der Waals surface area (Å²) in [6, 6.07) is 9.09. The van der Waals surface area contributed by atoms with Crippen LogP contribution in [0.3, 0.4) is 0 Å². The zero-order valence-electron chi connectivity index (χ0n) is 17.3. The van der Waals surface area contributed by atoms with Crippen molar-refractivity contribution in [2.45, 2.75) is 45.2 Å². The Morgan fingerprint density at radius 3 is 2.46 bits per heavy atom. The van der Waals surface area contributed by atoms with Gasteiger partial charge < -0.3 is 9.30 Å². The lowest BCUT2D eigenvalue weighted by Crippen LogP contribution is -2.36. The molecule has 2 aliphatic rings. The molecule has 0 radical (unpaired) electrons. The van der Waals surface area contributed by atoms with E-state index in [0.29, 0.717) is 5.92 Å². The summed E-state index contributed by atoms with van der Waals surface area (Å²) in [5.41, 5.74) is 2.82. The van der Waals surface area contributed by atoms with Crippen LogP contribution in [0.25, 0.3) is 0 Å². The summed E-state index contributed by atoms with van der Waals surface area (Å²) in [5, 5.41) is 9.12. The Kier molecular flexibility index (Phi) is 6.40. The van der Waals surface area contributed by atoms with Gasteiger partial charge in [0.1, 0.15) is 11.6 Å². The van der Waals surface area contributed by atoms with Crippen LogP contribution in [0.2, 0.25) is 0 Å². The number of nitrogens with zero attached hydrogens (tertiary/aromatic N) is 5. The van der Waals surface area contributed by atoms with Gasteiger partial charge in [0, 0.05) is 39.1 Å². The van der Waals surface area contributed by atoms with E-state index in [1.165, 1.54) is 30.5 Å². The summed E-state index contributed by atoms with van der Waals surface area (Å²) in [6.45, 7) is 9.95. The van der Waals surface area contributed by atoms with Crippen molar-refractivity contribution in [2.75, 3.05) is 39.4 Å². The first kappa shape index (κ1) is 19.6. The van der Waals surface area contributed by atoms with E-state index < -0.39 is 0 Å². The van der Waals surface area contributed by atoms with Gasteiger partial charge >= 0.3 is 0 Å². The fourth-order valence-electron chi connectivity index (χ4n) is 4.38. The Morgan fingerprint density at radius 2 is 1.71 bits per heavy atom. The topological polar surface area (TPSA) is 46.4 Å². The van der Waals surface area contributed by atoms with Crippen molar-refractivity contribution < 1.29 is 4.74 Å². The number of hydrogen-bond donors (Lipinski definition) is 0. The van der Waals surface area contributed by atoms with E-state index in [1.54, 1.807) is 0 Å². The smallest absolute Gasteiger partial charge is 0.146 e. The second-order valence-electron chi connectivity index (χ2n) is 8.17. The number of aromatic nitrogens is 3. The van der Waals surface area contributed by atoms with Gasteiger partial charge in [-0.05, 0) is 36.9 Å². The summed E-state index contributed by atoms with van der Waals surface area (Å²) >= 11 is 0. The van der Waals surface area contributed by atoms with E-state index in [1.807, 2.05) is 0 Å². The number of likely N-dealkylation sites (tertiary alicyclic amines) is 1. The lowest BCUT2D eigenvalue weighted by atomic mass is 9.96. The van der Waals surface area contributed by atoms with Gasteiger partial charge in [0.25, 0.3) is 0 Å².